The summed E-state index contributed by atoms with van der Waals surface area (Å²) in [6, 6.07) is 10.8. The Kier molecular flexibility index (Phi) is 5.20. The van der Waals surface area contributed by atoms with Gasteiger partial charge in [-0.1, -0.05) is 47.1 Å². The first-order valence-electron chi connectivity index (χ1n) is 7.02. The van der Waals surface area contributed by atoms with Gasteiger partial charge in [-0.15, -0.1) is 0 Å². The van der Waals surface area contributed by atoms with Crippen LogP contribution in [-0.2, 0) is 0 Å². The Morgan fingerprint density at radius 2 is 1.91 bits per heavy atom. The van der Waals surface area contributed by atoms with E-state index in [9.17, 15) is 5.11 Å². The monoisotopic (exact) mass is 368 g/mol. The molecule has 3 rings (SSSR count). The molecule has 0 bridgehead atoms. The summed E-state index contributed by atoms with van der Waals surface area (Å²) in [7, 11) is 0. The lowest BCUT2D eigenvalue weighted by atomic mass is 10.3. The molecule has 0 spiro atoms. The van der Waals surface area contributed by atoms with Crippen molar-refractivity contribution in [3.05, 3.63) is 46.4 Å². The maximum atomic E-state index is 9.38. The predicted octanol–water partition coefficient (Wildman–Crippen LogP) is 5.14. The summed E-state index contributed by atoms with van der Waals surface area (Å²) in [5.41, 5.74) is 2.00. The van der Waals surface area contributed by atoms with E-state index in [0.717, 1.165) is 28.4 Å². The van der Waals surface area contributed by atoms with Gasteiger partial charge in [-0.3, -0.25) is 0 Å². The van der Waals surface area contributed by atoms with Crippen molar-refractivity contribution < 1.29 is 9.84 Å². The van der Waals surface area contributed by atoms with Crippen molar-refractivity contribution in [2.75, 3.05) is 12.4 Å². The first kappa shape index (κ1) is 16.3. The highest BCUT2D eigenvalue weighted by atomic mass is 35.5. The molecule has 2 aromatic carbocycles. The number of aromatic amines is 1. The van der Waals surface area contributed by atoms with Crippen molar-refractivity contribution >= 4 is 46.0 Å². The Labute approximate surface area is 147 Å². The highest BCUT2D eigenvalue weighted by Crippen LogP contribution is 2.36. The number of benzene rings is 2. The van der Waals surface area contributed by atoms with Crippen LogP contribution in [0.2, 0.25) is 10.0 Å². The number of nitrogens with zero attached hydrogens (tertiary/aromatic N) is 1. The number of phenols is 1. The van der Waals surface area contributed by atoms with Crippen LogP contribution in [0.3, 0.4) is 0 Å². The fourth-order valence-electron chi connectivity index (χ4n) is 2.08. The number of halogens is 2. The van der Waals surface area contributed by atoms with Gasteiger partial charge < -0.3 is 14.8 Å². The zero-order chi connectivity index (χ0) is 16.2. The predicted molar refractivity (Wildman–Crippen MR) is 95.1 cm³/mol. The summed E-state index contributed by atoms with van der Waals surface area (Å²) in [4.78, 5) is 7.77. The van der Waals surface area contributed by atoms with Crippen LogP contribution >= 0.6 is 35.0 Å². The van der Waals surface area contributed by atoms with Crippen LogP contribution in [0.4, 0.5) is 0 Å². The minimum Gasteiger partial charge on any atom is -0.508 e. The standard InChI is InChI=1S/C16H14Cl2N2O2S/c17-11-8-10(21)9-12(18)15(11)22-6-3-7-23-16-19-13-4-1-2-5-14(13)20-16/h1-2,4-5,8-9,21H,3,6-7H2,(H,19,20). The largest absolute Gasteiger partial charge is 0.508 e. The number of H-pyrrole nitrogens is 1. The number of ether oxygens (including phenoxy) is 1. The molecule has 0 fully saturated rings. The Hall–Kier alpha value is -1.56. The van der Waals surface area contributed by atoms with Crippen molar-refractivity contribution in [3.8, 4) is 11.5 Å². The normalized spacial score (nSPS) is 11.0. The van der Waals surface area contributed by atoms with Gasteiger partial charge in [-0.05, 0) is 18.6 Å². The van der Waals surface area contributed by atoms with E-state index in [1.807, 2.05) is 24.3 Å². The Morgan fingerprint density at radius 1 is 1.17 bits per heavy atom. The SMILES string of the molecule is Oc1cc(Cl)c(OCCCSc2nc3ccccc3[nH]2)c(Cl)c1. The Balaban J connectivity index is 1.49. The molecule has 2 N–H and O–H groups in total. The van der Waals surface area contributed by atoms with Gasteiger partial charge in [0.05, 0.1) is 27.7 Å². The second kappa shape index (κ2) is 7.34. The van der Waals surface area contributed by atoms with Crippen LogP contribution in [0.1, 0.15) is 6.42 Å². The summed E-state index contributed by atoms with van der Waals surface area (Å²) in [5.74, 6) is 1.28. The molecule has 4 nitrogen and oxygen atoms in total. The van der Waals surface area contributed by atoms with Crippen LogP contribution in [0.25, 0.3) is 11.0 Å². The summed E-state index contributed by atoms with van der Waals surface area (Å²) >= 11 is 13.6. The average molecular weight is 369 g/mol. The highest BCUT2D eigenvalue weighted by Gasteiger charge is 2.09. The highest BCUT2D eigenvalue weighted by molar-refractivity contribution is 7.99. The molecule has 0 unspecified atom stereocenters. The summed E-state index contributed by atoms with van der Waals surface area (Å²) in [6.07, 6.45) is 0.815. The summed E-state index contributed by atoms with van der Waals surface area (Å²) in [5, 5.41) is 10.9. The van der Waals surface area contributed by atoms with Gasteiger partial charge in [0.1, 0.15) is 5.75 Å². The summed E-state index contributed by atoms with van der Waals surface area (Å²) in [6.45, 7) is 0.484. The van der Waals surface area contributed by atoms with E-state index in [-0.39, 0.29) is 5.75 Å². The fraction of sp³-hybridized carbons (Fsp3) is 0.188. The van der Waals surface area contributed by atoms with Gasteiger partial charge in [-0.25, -0.2) is 4.98 Å². The fourth-order valence-corrected chi connectivity index (χ4v) is 3.47. The molecule has 0 aliphatic carbocycles. The second-order valence-corrected chi connectivity index (χ2v) is 6.75. The van der Waals surface area contributed by atoms with Gasteiger partial charge in [0.25, 0.3) is 0 Å². The lowest BCUT2D eigenvalue weighted by Gasteiger charge is -2.09. The maximum Gasteiger partial charge on any atom is 0.166 e. The first-order chi connectivity index (χ1) is 11.1. The molecule has 0 aliphatic rings. The number of thioether (sulfide) groups is 1. The molecule has 3 aromatic rings. The van der Waals surface area contributed by atoms with Gasteiger partial charge in [-0.2, -0.15) is 0 Å². The molecule has 23 heavy (non-hydrogen) atoms. The zero-order valence-electron chi connectivity index (χ0n) is 12.1. The van der Waals surface area contributed by atoms with E-state index in [1.54, 1.807) is 11.8 Å². The maximum absolute atomic E-state index is 9.38. The van der Waals surface area contributed by atoms with Crippen LogP contribution in [0, 0.1) is 0 Å². The number of aromatic hydroxyl groups is 1. The number of fused-ring (bicyclic) bond motifs is 1. The van der Waals surface area contributed by atoms with E-state index < -0.39 is 0 Å². The Bertz CT molecular complexity index is 767. The first-order valence-corrected chi connectivity index (χ1v) is 8.76. The number of imidazole rings is 1. The summed E-state index contributed by atoms with van der Waals surface area (Å²) < 4.78 is 5.60. The molecule has 120 valence electrons. The van der Waals surface area contributed by atoms with Crippen molar-refractivity contribution in [1.82, 2.24) is 9.97 Å². The topological polar surface area (TPSA) is 58.1 Å². The van der Waals surface area contributed by atoms with Gasteiger partial charge in [0, 0.05) is 17.9 Å². The number of phenolic OH excluding ortho intramolecular Hbond substituents is 1. The van der Waals surface area contributed by atoms with Crippen molar-refractivity contribution in [1.29, 1.82) is 0 Å². The quantitative estimate of drug-likeness (QED) is 0.467. The lowest BCUT2D eigenvalue weighted by molar-refractivity contribution is 0.318. The van der Waals surface area contributed by atoms with Crippen molar-refractivity contribution in [2.45, 2.75) is 11.6 Å². The number of aromatic nitrogens is 2. The number of nitrogens with one attached hydrogen (secondary N) is 1. The van der Waals surface area contributed by atoms with E-state index in [0.29, 0.717) is 22.4 Å². The molecule has 1 aromatic heterocycles. The van der Waals surface area contributed by atoms with Crippen LogP contribution in [0.5, 0.6) is 11.5 Å². The molecule has 0 amide bonds. The number of hydrogen-bond donors (Lipinski definition) is 2. The molecule has 0 saturated carbocycles. The number of rotatable bonds is 6. The minimum atomic E-state index is 0.0211. The molecule has 0 atom stereocenters. The molecular weight excluding hydrogens is 355 g/mol. The van der Waals surface area contributed by atoms with E-state index >= 15 is 0 Å². The minimum absolute atomic E-state index is 0.0211. The lowest BCUT2D eigenvalue weighted by Crippen LogP contribution is -2.00. The van der Waals surface area contributed by atoms with Gasteiger partial charge in [0.2, 0.25) is 0 Å². The molecule has 0 saturated heterocycles. The van der Waals surface area contributed by atoms with Crippen molar-refractivity contribution in [3.63, 3.8) is 0 Å². The smallest absolute Gasteiger partial charge is 0.166 e. The van der Waals surface area contributed by atoms with Crippen LogP contribution in [-0.4, -0.2) is 27.4 Å². The third-order valence-corrected chi connectivity index (χ3v) is 4.65. The Morgan fingerprint density at radius 3 is 2.65 bits per heavy atom. The van der Waals surface area contributed by atoms with Crippen LogP contribution < -0.4 is 4.74 Å². The van der Waals surface area contributed by atoms with Crippen LogP contribution in [0.15, 0.2) is 41.6 Å². The third kappa shape index (κ3) is 4.05. The van der Waals surface area contributed by atoms with E-state index in [1.165, 1.54) is 12.1 Å². The van der Waals surface area contributed by atoms with E-state index in [2.05, 4.69) is 9.97 Å². The molecule has 7 heteroatoms. The van der Waals surface area contributed by atoms with E-state index in [4.69, 9.17) is 27.9 Å². The third-order valence-electron chi connectivity index (χ3n) is 3.12. The number of hydrogen-bond acceptors (Lipinski definition) is 4. The zero-order valence-corrected chi connectivity index (χ0v) is 14.4. The molecule has 0 aliphatic heterocycles. The van der Waals surface area contributed by atoms with Gasteiger partial charge >= 0.3 is 0 Å². The van der Waals surface area contributed by atoms with Gasteiger partial charge in [0.15, 0.2) is 10.9 Å². The average Bonchev–Trinajstić information content (AvgIpc) is 2.91. The number of para-hydroxylation sites is 2. The molecule has 1 heterocycles. The molecule has 0 radical (unpaired) electrons. The van der Waals surface area contributed by atoms with Crippen molar-refractivity contribution in [2.24, 2.45) is 0 Å². The second-order valence-electron chi connectivity index (χ2n) is 4.85. The molecular formula is C16H14Cl2N2O2S.